The topological polar surface area (TPSA) is 84.4 Å². The van der Waals surface area contributed by atoms with E-state index in [9.17, 15) is 13.2 Å². The average molecular weight is 553 g/mol. The van der Waals surface area contributed by atoms with Crippen molar-refractivity contribution in [2.75, 3.05) is 20.3 Å². The van der Waals surface area contributed by atoms with Crippen molar-refractivity contribution in [2.24, 2.45) is 0 Å². The lowest BCUT2D eigenvalue weighted by Crippen LogP contribution is -2.19. The van der Waals surface area contributed by atoms with E-state index in [0.717, 1.165) is 51.9 Å². The number of aromatic nitrogens is 4. The van der Waals surface area contributed by atoms with Crippen molar-refractivity contribution in [2.45, 2.75) is 45.5 Å². The van der Waals surface area contributed by atoms with Gasteiger partial charge in [-0.1, -0.05) is 17.3 Å². The van der Waals surface area contributed by atoms with Crippen LogP contribution in [0.5, 0.6) is 11.5 Å². The summed E-state index contributed by atoms with van der Waals surface area (Å²) >= 11 is 0. The van der Waals surface area contributed by atoms with E-state index in [2.05, 4.69) is 14.5 Å². The molecule has 2 aromatic carbocycles. The summed E-state index contributed by atoms with van der Waals surface area (Å²) in [4.78, 5) is 9.71. The van der Waals surface area contributed by atoms with E-state index in [4.69, 9.17) is 24.0 Å². The molecule has 40 heavy (non-hydrogen) atoms. The Morgan fingerprint density at radius 3 is 2.58 bits per heavy atom. The number of hydrogen-bond acceptors (Lipinski definition) is 7. The lowest BCUT2D eigenvalue weighted by atomic mass is 9.99. The first-order chi connectivity index (χ1) is 19.2. The molecule has 208 valence electrons. The summed E-state index contributed by atoms with van der Waals surface area (Å²) in [5.74, 6) is 2.01. The van der Waals surface area contributed by atoms with Gasteiger partial charge >= 0.3 is 6.36 Å². The molecule has 0 unspecified atom stereocenters. The number of rotatable bonds is 6. The maximum atomic E-state index is 12.9. The maximum Gasteiger partial charge on any atom is 0.573 e. The maximum absolute atomic E-state index is 12.9. The Bertz CT molecular complexity index is 1680. The number of hydrogen-bond donors (Lipinski definition) is 0. The molecule has 1 fully saturated rings. The first kappa shape index (κ1) is 26.1. The van der Waals surface area contributed by atoms with Gasteiger partial charge in [-0.15, -0.1) is 13.2 Å². The SMILES string of the molecule is COc1cc2c(cc1-c1c(C)noc1C)ncc1nc(C3CCOCC3)n(Cc3cccc(OC(F)(F)F)c3)c12. The van der Waals surface area contributed by atoms with Gasteiger partial charge in [-0.3, -0.25) is 4.98 Å². The summed E-state index contributed by atoms with van der Waals surface area (Å²) in [6, 6.07) is 9.92. The molecular formula is C29H27F3N4O4. The highest BCUT2D eigenvalue weighted by atomic mass is 19.4. The van der Waals surface area contributed by atoms with Gasteiger partial charge in [0.25, 0.3) is 0 Å². The van der Waals surface area contributed by atoms with Gasteiger partial charge in [0.2, 0.25) is 0 Å². The largest absolute Gasteiger partial charge is 0.573 e. The Kier molecular flexibility index (Phi) is 6.61. The lowest BCUT2D eigenvalue weighted by Gasteiger charge is -2.23. The van der Waals surface area contributed by atoms with Crippen molar-refractivity contribution in [3.05, 3.63) is 65.4 Å². The van der Waals surface area contributed by atoms with Crippen LogP contribution in [0, 0.1) is 13.8 Å². The molecule has 0 radical (unpaired) electrons. The summed E-state index contributed by atoms with van der Waals surface area (Å²) < 4.78 is 61.8. The van der Waals surface area contributed by atoms with Crippen molar-refractivity contribution in [1.82, 2.24) is 19.7 Å². The number of alkyl halides is 3. The highest BCUT2D eigenvalue weighted by Crippen LogP contribution is 2.40. The van der Waals surface area contributed by atoms with Gasteiger partial charge in [-0.25, -0.2) is 4.98 Å². The summed E-state index contributed by atoms with van der Waals surface area (Å²) in [6.07, 6.45) is -1.44. The zero-order chi connectivity index (χ0) is 28.0. The van der Waals surface area contributed by atoms with E-state index in [1.165, 1.54) is 12.1 Å². The Morgan fingerprint density at radius 2 is 1.88 bits per heavy atom. The molecule has 4 heterocycles. The summed E-state index contributed by atoms with van der Waals surface area (Å²) in [5.41, 5.74) is 5.30. The minimum absolute atomic E-state index is 0.134. The third kappa shape index (κ3) is 4.85. The molecule has 8 nitrogen and oxygen atoms in total. The highest BCUT2D eigenvalue weighted by Gasteiger charge is 2.31. The molecule has 6 rings (SSSR count). The monoisotopic (exact) mass is 552 g/mol. The molecule has 5 aromatic rings. The average Bonchev–Trinajstić information content (AvgIpc) is 3.46. The van der Waals surface area contributed by atoms with Crippen LogP contribution >= 0.6 is 0 Å². The second-order valence-electron chi connectivity index (χ2n) is 9.90. The van der Waals surface area contributed by atoms with Crippen LogP contribution in [0.4, 0.5) is 13.2 Å². The van der Waals surface area contributed by atoms with Crippen molar-refractivity contribution >= 4 is 21.9 Å². The van der Waals surface area contributed by atoms with Crippen LogP contribution in [0.2, 0.25) is 0 Å². The fraction of sp³-hybridized carbons (Fsp3) is 0.345. The zero-order valence-corrected chi connectivity index (χ0v) is 22.2. The Morgan fingerprint density at radius 1 is 1.07 bits per heavy atom. The van der Waals surface area contributed by atoms with E-state index in [0.29, 0.717) is 42.3 Å². The first-order valence-corrected chi connectivity index (χ1v) is 12.9. The predicted octanol–water partition coefficient (Wildman–Crippen LogP) is 6.71. The molecule has 1 aliphatic heterocycles. The standard InChI is InChI=1S/C29H27F3N4O4/c1-16-26(17(2)40-35-16)22-12-23-21(13-25(22)37-3)27-24(14-33-23)34-28(19-7-9-38-10-8-19)36(27)15-18-5-4-6-20(11-18)39-29(30,31)32/h4-6,11-14,19H,7-10,15H2,1-3H3. The molecule has 1 saturated heterocycles. The molecular weight excluding hydrogens is 525 g/mol. The lowest BCUT2D eigenvalue weighted by molar-refractivity contribution is -0.274. The van der Waals surface area contributed by atoms with Crippen LogP contribution in [0.15, 0.2) is 47.1 Å². The number of imidazole rings is 1. The van der Waals surface area contributed by atoms with E-state index in [1.54, 1.807) is 25.4 Å². The van der Waals surface area contributed by atoms with Crippen LogP contribution < -0.4 is 9.47 Å². The molecule has 0 saturated carbocycles. The third-order valence-electron chi connectivity index (χ3n) is 7.28. The van der Waals surface area contributed by atoms with Gasteiger partial charge in [-0.05, 0) is 56.5 Å². The zero-order valence-electron chi connectivity index (χ0n) is 22.2. The number of aryl methyl sites for hydroxylation is 2. The van der Waals surface area contributed by atoms with Gasteiger partial charge < -0.3 is 23.3 Å². The van der Waals surface area contributed by atoms with Gasteiger partial charge in [0.15, 0.2) is 0 Å². The molecule has 1 aliphatic rings. The normalized spacial score (nSPS) is 14.8. The Hall–Kier alpha value is -4.12. The Balaban J connectivity index is 1.55. The Labute approximate surface area is 227 Å². The van der Waals surface area contributed by atoms with Crippen LogP contribution in [0.25, 0.3) is 33.1 Å². The number of benzene rings is 2. The number of nitrogens with zero attached hydrogens (tertiary/aromatic N) is 4. The van der Waals surface area contributed by atoms with Gasteiger partial charge in [0, 0.05) is 36.6 Å². The molecule has 0 spiro atoms. The summed E-state index contributed by atoms with van der Waals surface area (Å²) in [5, 5.41) is 4.91. The summed E-state index contributed by atoms with van der Waals surface area (Å²) in [7, 11) is 1.60. The predicted molar refractivity (Wildman–Crippen MR) is 142 cm³/mol. The van der Waals surface area contributed by atoms with Crippen LogP contribution in [-0.2, 0) is 11.3 Å². The quantitative estimate of drug-likeness (QED) is 0.232. The van der Waals surface area contributed by atoms with E-state index >= 15 is 0 Å². The van der Waals surface area contributed by atoms with Gasteiger partial charge in [0.1, 0.15) is 28.6 Å². The molecule has 11 heteroatoms. The fourth-order valence-electron chi connectivity index (χ4n) is 5.54. The third-order valence-corrected chi connectivity index (χ3v) is 7.28. The highest BCUT2D eigenvalue weighted by molar-refractivity contribution is 6.05. The van der Waals surface area contributed by atoms with Gasteiger partial charge in [0.05, 0.1) is 35.6 Å². The molecule has 0 atom stereocenters. The molecule has 0 amide bonds. The van der Waals surface area contributed by atoms with E-state index < -0.39 is 6.36 Å². The second-order valence-corrected chi connectivity index (χ2v) is 9.90. The van der Waals surface area contributed by atoms with Crippen molar-refractivity contribution in [3.8, 4) is 22.6 Å². The van der Waals surface area contributed by atoms with E-state index in [1.807, 2.05) is 26.0 Å². The molecule has 0 aliphatic carbocycles. The van der Waals surface area contributed by atoms with Crippen LogP contribution in [0.1, 0.15) is 41.6 Å². The minimum atomic E-state index is -4.77. The second kappa shape index (κ2) is 10.1. The van der Waals surface area contributed by atoms with Crippen LogP contribution in [-0.4, -0.2) is 46.4 Å². The van der Waals surface area contributed by atoms with Gasteiger partial charge in [-0.2, -0.15) is 0 Å². The summed E-state index contributed by atoms with van der Waals surface area (Å²) in [6.45, 7) is 5.26. The number of halogens is 3. The van der Waals surface area contributed by atoms with Crippen molar-refractivity contribution < 1.29 is 31.9 Å². The number of fused-ring (bicyclic) bond motifs is 3. The number of ether oxygens (including phenoxy) is 3. The minimum Gasteiger partial charge on any atom is -0.496 e. The van der Waals surface area contributed by atoms with E-state index in [-0.39, 0.29) is 11.7 Å². The number of methoxy groups -OCH3 is 1. The van der Waals surface area contributed by atoms with Crippen molar-refractivity contribution in [1.29, 1.82) is 0 Å². The molecule has 0 bridgehead atoms. The fourth-order valence-corrected chi connectivity index (χ4v) is 5.54. The first-order valence-electron chi connectivity index (χ1n) is 12.9. The molecule has 3 aromatic heterocycles. The molecule has 0 N–H and O–H groups in total. The number of pyridine rings is 1. The van der Waals surface area contributed by atoms with Crippen molar-refractivity contribution in [3.63, 3.8) is 0 Å². The smallest absolute Gasteiger partial charge is 0.496 e. The van der Waals surface area contributed by atoms with Crippen LogP contribution in [0.3, 0.4) is 0 Å².